The third-order valence-corrected chi connectivity index (χ3v) is 4.83. The normalized spacial score (nSPS) is 10.4. The highest BCUT2D eigenvalue weighted by Gasteiger charge is 2.11. The van der Waals surface area contributed by atoms with Crippen LogP contribution in [0.4, 0.5) is 17.1 Å². The molecule has 3 rings (SSSR count). The van der Waals surface area contributed by atoms with Gasteiger partial charge in [0, 0.05) is 55.3 Å². The smallest absolute Gasteiger partial charge is 0.274 e. The highest BCUT2D eigenvalue weighted by atomic mass is 16.1. The van der Waals surface area contributed by atoms with Crippen LogP contribution < -0.4 is 15.5 Å². The van der Waals surface area contributed by atoms with E-state index in [9.17, 15) is 4.79 Å². The van der Waals surface area contributed by atoms with Crippen LogP contribution in [-0.4, -0.2) is 29.0 Å². The van der Waals surface area contributed by atoms with Crippen molar-refractivity contribution in [1.82, 2.24) is 9.97 Å². The van der Waals surface area contributed by atoms with Crippen LogP contribution in [0.2, 0.25) is 0 Å². The van der Waals surface area contributed by atoms with E-state index in [2.05, 4.69) is 45.4 Å². The SMILES string of the molecule is CCN(CC)c1ccc(NC(=O)c2cc(NCc3ccncc3)ccn2)c(C)c1. The molecule has 0 unspecified atom stereocenters. The molecule has 1 amide bonds. The number of aromatic nitrogens is 2. The minimum atomic E-state index is -0.226. The van der Waals surface area contributed by atoms with Crippen molar-refractivity contribution in [2.45, 2.75) is 27.3 Å². The molecular formula is C23H27N5O. The number of nitrogens with zero attached hydrogens (tertiary/aromatic N) is 3. The monoisotopic (exact) mass is 389 g/mol. The Balaban J connectivity index is 1.68. The van der Waals surface area contributed by atoms with Gasteiger partial charge >= 0.3 is 0 Å². The van der Waals surface area contributed by atoms with Crippen molar-refractivity contribution < 1.29 is 4.79 Å². The van der Waals surface area contributed by atoms with Crippen molar-refractivity contribution in [3.8, 4) is 0 Å². The Morgan fingerprint density at radius 3 is 2.45 bits per heavy atom. The van der Waals surface area contributed by atoms with Crippen molar-refractivity contribution in [2.75, 3.05) is 28.6 Å². The summed E-state index contributed by atoms with van der Waals surface area (Å²) in [4.78, 5) is 23.2. The number of carbonyl (C=O) groups excluding carboxylic acids is 1. The van der Waals surface area contributed by atoms with Crippen molar-refractivity contribution >= 4 is 23.0 Å². The first kappa shape index (κ1) is 20.3. The topological polar surface area (TPSA) is 70.2 Å². The van der Waals surface area contributed by atoms with E-state index >= 15 is 0 Å². The number of amides is 1. The molecule has 0 saturated carbocycles. The number of carbonyl (C=O) groups is 1. The lowest BCUT2D eigenvalue weighted by atomic mass is 10.1. The summed E-state index contributed by atoms with van der Waals surface area (Å²) < 4.78 is 0. The Morgan fingerprint density at radius 1 is 1.00 bits per heavy atom. The number of benzene rings is 1. The predicted molar refractivity (Wildman–Crippen MR) is 118 cm³/mol. The lowest BCUT2D eigenvalue weighted by Crippen LogP contribution is -2.22. The quantitative estimate of drug-likeness (QED) is 0.594. The van der Waals surface area contributed by atoms with Crippen LogP contribution in [0.5, 0.6) is 0 Å². The van der Waals surface area contributed by atoms with Gasteiger partial charge in [0.2, 0.25) is 0 Å². The third-order valence-electron chi connectivity index (χ3n) is 4.83. The molecule has 0 spiro atoms. The van der Waals surface area contributed by atoms with Crippen LogP contribution in [-0.2, 0) is 6.54 Å². The molecule has 2 aromatic heterocycles. The molecule has 2 heterocycles. The molecule has 6 nitrogen and oxygen atoms in total. The van der Waals surface area contributed by atoms with Crippen LogP contribution in [0.15, 0.2) is 61.1 Å². The Bertz CT molecular complexity index is 954. The molecule has 3 aromatic rings. The van der Waals surface area contributed by atoms with Crippen LogP contribution >= 0.6 is 0 Å². The van der Waals surface area contributed by atoms with Crippen LogP contribution in [0.3, 0.4) is 0 Å². The highest BCUT2D eigenvalue weighted by Crippen LogP contribution is 2.23. The van der Waals surface area contributed by atoms with Gasteiger partial charge in [0.25, 0.3) is 5.91 Å². The zero-order valence-corrected chi connectivity index (χ0v) is 17.1. The molecule has 0 atom stereocenters. The number of hydrogen-bond donors (Lipinski definition) is 2. The van der Waals surface area contributed by atoms with Crippen LogP contribution in [0.1, 0.15) is 35.5 Å². The van der Waals surface area contributed by atoms with E-state index in [0.29, 0.717) is 12.2 Å². The number of rotatable bonds is 8. The third kappa shape index (κ3) is 5.31. The number of aryl methyl sites for hydroxylation is 1. The molecule has 150 valence electrons. The van der Waals surface area contributed by atoms with Gasteiger partial charge in [-0.25, -0.2) is 0 Å². The second-order valence-corrected chi connectivity index (χ2v) is 6.76. The maximum atomic E-state index is 12.7. The van der Waals surface area contributed by atoms with Gasteiger partial charge in [0.15, 0.2) is 0 Å². The first-order valence-electron chi connectivity index (χ1n) is 9.86. The summed E-state index contributed by atoms with van der Waals surface area (Å²) in [6.07, 6.45) is 5.16. The summed E-state index contributed by atoms with van der Waals surface area (Å²) in [6.45, 7) is 8.82. The zero-order valence-electron chi connectivity index (χ0n) is 17.1. The van der Waals surface area contributed by atoms with Gasteiger partial charge in [-0.15, -0.1) is 0 Å². The second-order valence-electron chi connectivity index (χ2n) is 6.76. The summed E-state index contributed by atoms with van der Waals surface area (Å²) in [5.74, 6) is -0.226. The fraction of sp³-hybridized carbons (Fsp3) is 0.261. The predicted octanol–water partition coefficient (Wildman–Crippen LogP) is 4.50. The van der Waals surface area contributed by atoms with Gasteiger partial charge in [0.1, 0.15) is 5.69 Å². The molecule has 0 fully saturated rings. The van der Waals surface area contributed by atoms with E-state index < -0.39 is 0 Å². The minimum Gasteiger partial charge on any atom is -0.381 e. The molecule has 29 heavy (non-hydrogen) atoms. The average Bonchev–Trinajstić information content (AvgIpc) is 2.76. The van der Waals surface area contributed by atoms with Crippen molar-refractivity contribution in [2.24, 2.45) is 0 Å². The van der Waals surface area contributed by atoms with E-state index in [1.54, 1.807) is 24.7 Å². The van der Waals surface area contributed by atoms with Crippen molar-refractivity contribution in [3.05, 3.63) is 77.9 Å². The fourth-order valence-corrected chi connectivity index (χ4v) is 3.13. The molecule has 0 aliphatic carbocycles. The Hall–Kier alpha value is -3.41. The molecule has 0 bridgehead atoms. The lowest BCUT2D eigenvalue weighted by molar-refractivity contribution is 0.102. The van der Waals surface area contributed by atoms with Gasteiger partial charge < -0.3 is 15.5 Å². The minimum absolute atomic E-state index is 0.226. The molecule has 2 N–H and O–H groups in total. The average molecular weight is 390 g/mol. The van der Waals surface area contributed by atoms with Crippen LogP contribution in [0.25, 0.3) is 0 Å². The van der Waals surface area contributed by atoms with Gasteiger partial charge in [-0.05, 0) is 74.4 Å². The highest BCUT2D eigenvalue weighted by molar-refractivity contribution is 6.03. The molecule has 0 saturated heterocycles. The van der Waals surface area contributed by atoms with Gasteiger partial charge in [0.05, 0.1) is 0 Å². The van der Waals surface area contributed by atoms with Gasteiger partial charge in [-0.2, -0.15) is 0 Å². The van der Waals surface area contributed by atoms with E-state index in [0.717, 1.165) is 41.3 Å². The molecule has 0 aliphatic heterocycles. The van der Waals surface area contributed by atoms with Crippen LogP contribution in [0, 0.1) is 6.92 Å². The number of anilines is 3. The lowest BCUT2D eigenvalue weighted by Gasteiger charge is -2.22. The molecular weight excluding hydrogens is 362 g/mol. The maximum absolute atomic E-state index is 12.7. The summed E-state index contributed by atoms with van der Waals surface area (Å²) in [6, 6.07) is 13.6. The van der Waals surface area contributed by atoms with Crippen molar-refractivity contribution in [3.63, 3.8) is 0 Å². The van der Waals surface area contributed by atoms with Gasteiger partial charge in [-0.1, -0.05) is 0 Å². The first-order valence-corrected chi connectivity index (χ1v) is 9.86. The van der Waals surface area contributed by atoms with E-state index in [1.165, 1.54) is 0 Å². The molecule has 0 radical (unpaired) electrons. The Morgan fingerprint density at radius 2 is 1.76 bits per heavy atom. The summed E-state index contributed by atoms with van der Waals surface area (Å²) in [5.41, 5.74) is 5.31. The summed E-state index contributed by atoms with van der Waals surface area (Å²) in [7, 11) is 0. The maximum Gasteiger partial charge on any atom is 0.274 e. The number of hydrogen-bond acceptors (Lipinski definition) is 5. The first-order chi connectivity index (χ1) is 14.1. The molecule has 6 heteroatoms. The number of nitrogens with one attached hydrogen (secondary N) is 2. The van der Waals surface area contributed by atoms with Crippen molar-refractivity contribution in [1.29, 1.82) is 0 Å². The van der Waals surface area contributed by atoms with Gasteiger partial charge in [-0.3, -0.25) is 14.8 Å². The Labute approximate surface area is 172 Å². The largest absolute Gasteiger partial charge is 0.381 e. The standard InChI is InChI=1S/C23H27N5O/c1-4-28(5-2)20-6-7-21(17(3)14-20)27-23(29)22-15-19(10-13-25-22)26-16-18-8-11-24-12-9-18/h6-15H,4-5,16H2,1-3H3,(H,25,26)(H,27,29). The second kappa shape index (κ2) is 9.68. The molecule has 1 aromatic carbocycles. The van der Waals surface area contributed by atoms with E-state index in [-0.39, 0.29) is 5.91 Å². The summed E-state index contributed by atoms with van der Waals surface area (Å²) in [5, 5.41) is 6.28. The fourth-order valence-electron chi connectivity index (χ4n) is 3.13. The zero-order chi connectivity index (χ0) is 20.6. The van der Waals surface area contributed by atoms with E-state index in [4.69, 9.17) is 0 Å². The molecule has 0 aliphatic rings. The van der Waals surface area contributed by atoms with E-state index in [1.807, 2.05) is 37.3 Å². The number of pyridine rings is 2. The summed E-state index contributed by atoms with van der Waals surface area (Å²) >= 11 is 0. The Kier molecular flexibility index (Phi) is 6.79.